The number of rotatable bonds is 7. The third-order valence-corrected chi connectivity index (χ3v) is 11.5. The van der Waals surface area contributed by atoms with Crippen molar-refractivity contribution < 1.29 is 4.42 Å². The quantitative estimate of drug-likeness (QED) is 0.151. The van der Waals surface area contributed by atoms with Crippen LogP contribution in [-0.2, 0) is 0 Å². The number of hydrogen-bond acceptors (Lipinski definition) is 2. The van der Waals surface area contributed by atoms with Crippen LogP contribution in [0, 0.1) is 0 Å². The lowest BCUT2D eigenvalue weighted by atomic mass is 9.86. The van der Waals surface area contributed by atoms with Gasteiger partial charge >= 0.3 is 0 Å². The second-order valence-corrected chi connectivity index (χ2v) is 14.9. The highest BCUT2D eigenvalue weighted by Gasteiger charge is 2.24. The van der Waals surface area contributed by atoms with Crippen molar-refractivity contribution in [2.45, 2.75) is 0 Å². The fraction of sp³-hybridized carbons (Fsp3) is 0. The van der Waals surface area contributed by atoms with E-state index in [0.717, 1.165) is 55.7 Å². The highest BCUT2D eigenvalue weighted by Crippen LogP contribution is 2.49. The van der Waals surface area contributed by atoms with E-state index in [4.69, 9.17) is 4.42 Å². The maximum absolute atomic E-state index is 6.53. The van der Waals surface area contributed by atoms with Gasteiger partial charge in [0.05, 0.1) is 5.69 Å². The molecule has 0 saturated heterocycles. The lowest BCUT2D eigenvalue weighted by Crippen LogP contribution is -2.12. The summed E-state index contributed by atoms with van der Waals surface area (Å²) < 4.78 is 6.53. The summed E-state index contributed by atoms with van der Waals surface area (Å²) in [5.41, 5.74) is 14.3. The Morgan fingerprint density at radius 3 is 1.66 bits per heavy atom. The first kappa shape index (κ1) is 33.6. The van der Waals surface area contributed by atoms with E-state index in [2.05, 4.69) is 217 Å². The zero-order chi connectivity index (χ0) is 38.4. The van der Waals surface area contributed by atoms with Crippen LogP contribution >= 0.6 is 0 Å². The summed E-state index contributed by atoms with van der Waals surface area (Å²) in [5.74, 6) is 0. The summed E-state index contributed by atoms with van der Waals surface area (Å²) in [6.07, 6.45) is 0. The van der Waals surface area contributed by atoms with Gasteiger partial charge in [-0.15, -0.1) is 0 Å². The van der Waals surface area contributed by atoms with Crippen LogP contribution in [0.5, 0.6) is 0 Å². The van der Waals surface area contributed by atoms with Crippen molar-refractivity contribution >= 4 is 60.5 Å². The van der Waals surface area contributed by atoms with Crippen molar-refractivity contribution in [1.82, 2.24) is 0 Å². The minimum absolute atomic E-state index is 0.856. The van der Waals surface area contributed by atoms with Crippen molar-refractivity contribution in [3.05, 3.63) is 224 Å². The Bertz CT molecular complexity index is 3270. The number of fused-ring (bicyclic) bond motifs is 6. The van der Waals surface area contributed by atoms with Gasteiger partial charge in [-0.1, -0.05) is 170 Å². The van der Waals surface area contributed by atoms with Crippen LogP contribution in [0.4, 0.5) is 17.1 Å². The Morgan fingerprint density at radius 1 is 0.293 bits per heavy atom. The zero-order valence-electron chi connectivity index (χ0n) is 31.7. The van der Waals surface area contributed by atoms with E-state index in [1.54, 1.807) is 0 Å². The molecule has 0 aliphatic rings. The predicted octanol–water partition coefficient (Wildman–Crippen LogP) is 16.0. The van der Waals surface area contributed by atoms with E-state index in [1.165, 1.54) is 49.4 Å². The topological polar surface area (TPSA) is 16.4 Å². The first-order valence-electron chi connectivity index (χ1n) is 19.8. The maximum atomic E-state index is 6.53. The van der Waals surface area contributed by atoms with Crippen LogP contribution in [0.15, 0.2) is 229 Å². The van der Waals surface area contributed by atoms with Crippen LogP contribution in [0.2, 0.25) is 0 Å². The van der Waals surface area contributed by atoms with Gasteiger partial charge < -0.3 is 9.32 Å². The van der Waals surface area contributed by atoms with E-state index < -0.39 is 0 Å². The fourth-order valence-corrected chi connectivity index (χ4v) is 8.72. The van der Waals surface area contributed by atoms with E-state index in [-0.39, 0.29) is 0 Å². The van der Waals surface area contributed by atoms with Gasteiger partial charge in [0.1, 0.15) is 11.2 Å². The molecule has 0 fully saturated rings. The monoisotopic (exact) mass is 739 g/mol. The molecule has 1 aromatic heterocycles. The molecule has 0 aliphatic carbocycles. The molecule has 2 nitrogen and oxygen atoms in total. The average Bonchev–Trinajstić information content (AvgIpc) is 3.68. The SMILES string of the molecule is c1ccc(-c2ccc(N(c3ccc4c(c3)oc3ccccc34)c3cccc(-c4cccc(-c5ccccc5)c4)c3-c3cc4ccccc4c4ccccc34)cc2)cc1. The van der Waals surface area contributed by atoms with E-state index in [0.29, 0.717) is 0 Å². The van der Waals surface area contributed by atoms with Gasteiger partial charge in [-0.3, -0.25) is 0 Å². The second-order valence-electron chi connectivity index (χ2n) is 14.9. The van der Waals surface area contributed by atoms with Crippen LogP contribution in [0.3, 0.4) is 0 Å². The minimum Gasteiger partial charge on any atom is -0.456 e. The van der Waals surface area contributed by atoms with Gasteiger partial charge in [-0.25, -0.2) is 0 Å². The highest BCUT2D eigenvalue weighted by atomic mass is 16.3. The van der Waals surface area contributed by atoms with Gasteiger partial charge in [-0.2, -0.15) is 0 Å². The number of para-hydroxylation sites is 1. The normalized spacial score (nSPS) is 11.4. The third-order valence-electron chi connectivity index (χ3n) is 11.5. The summed E-state index contributed by atoms with van der Waals surface area (Å²) in [6, 6.07) is 80.8. The van der Waals surface area contributed by atoms with Crippen molar-refractivity contribution in [1.29, 1.82) is 0 Å². The predicted molar refractivity (Wildman–Crippen MR) is 245 cm³/mol. The largest absolute Gasteiger partial charge is 0.456 e. The molecule has 1 heterocycles. The van der Waals surface area contributed by atoms with Crippen LogP contribution in [-0.4, -0.2) is 0 Å². The van der Waals surface area contributed by atoms with E-state index >= 15 is 0 Å². The summed E-state index contributed by atoms with van der Waals surface area (Å²) in [6.45, 7) is 0. The standard InChI is InChI=1S/C56H37NO/c1-3-15-38(16-4-1)40-29-31-44(32-30-40)57(45-33-34-51-50-25-11-12-28-54(50)58-55(51)37-45)53-27-14-26-47(42-21-13-20-41(35-42)39-17-5-2-6-18-39)56(53)52-36-43-19-7-8-22-46(43)48-23-9-10-24-49(48)52/h1-37H. The summed E-state index contributed by atoms with van der Waals surface area (Å²) in [7, 11) is 0. The molecule has 0 N–H and O–H groups in total. The Balaban J connectivity index is 1.21. The number of hydrogen-bond donors (Lipinski definition) is 0. The number of anilines is 3. The van der Waals surface area contributed by atoms with Crippen molar-refractivity contribution in [3.8, 4) is 44.5 Å². The zero-order valence-corrected chi connectivity index (χ0v) is 31.7. The second kappa shape index (κ2) is 14.1. The molecule has 0 unspecified atom stereocenters. The average molecular weight is 740 g/mol. The Labute approximate surface area is 337 Å². The summed E-state index contributed by atoms with van der Waals surface area (Å²) in [5, 5.41) is 7.11. The molecular weight excluding hydrogens is 703 g/mol. The van der Waals surface area contributed by atoms with Gasteiger partial charge in [0.15, 0.2) is 0 Å². The fourth-order valence-electron chi connectivity index (χ4n) is 8.72. The smallest absolute Gasteiger partial charge is 0.137 e. The molecular formula is C56H37NO. The highest BCUT2D eigenvalue weighted by molar-refractivity contribution is 6.17. The molecule has 0 bridgehead atoms. The lowest BCUT2D eigenvalue weighted by molar-refractivity contribution is 0.669. The molecule has 2 heteroatoms. The molecule has 0 radical (unpaired) electrons. The van der Waals surface area contributed by atoms with Crippen LogP contribution < -0.4 is 4.90 Å². The van der Waals surface area contributed by atoms with E-state index in [1.807, 2.05) is 12.1 Å². The van der Waals surface area contributed by atoms with E-state index in [9.17, 15) is 0 Å². The molecule has 11 rings (SSSR count). The first-order chi connectivity index (χ1) is 28.8. The number of benzene rings is 10. The molecule has 0 aliphatic heterocycles. The van der Waals surface area contributed by atoms with Gasteiger partial charge in [-0.05, 0) is 109 Å². The number of furan rings is 1. The Kier molecular flexibility index (Phi) is 8.19. The van der Waals surface area contributed by atoms with Crippen molar-refractivity contribution in [3.63, 3.8) is 0 Å². The number of nitrogens with zero attached hydrogens (tertiary/aromatic N) is 1. The third kappa shape index (κ3) is 5.82. The van der Waals surface area contributed by atoms with Crippen LogP contribution in [0.1, 0.15) is 0 Å². The molecule has 0 saturated carbocycles. The Hall–Kier alpha value is -7.68. The Morgan fingerprint density at radius 2 is 0.862 bits per heavy atom. The molecule has 10 aromatic carbocycles. The van der Waals surface area contributed by atoms with Crippen LogP contribution in [0.25, 0.3) is 88.0 Å². The molecule has 0 amide bonds. The van der Waals surface area contributed by atoms with Gasteiger partial charge in [0.2, 0.25) is 0 Å². The van der Waals surface area contributed by atoms with Crippen molar-refractivity contribution in [2.75, 3.05) is 4.90 Å². The molecule has 0 atom stereocenters. The lowest BCUT2D eigenvalue weighted by Gasteiger charge is -2.30. The maximum Gasteiger partial charge on any atom is 0.137 e. The van der Waals surface area contributed by atoms with Gasteiger partial charge in [0.25, 0.3) is 0 Å². The summed E-state index contributed by atoms with van der Waals surface area (Å²) >= 11 is 0. The first-order valence-corrected chi connectivity index (χ1v) is 19.8. The van der Waals surface area contributed by atoms with Crippen molar-refractivity contribution in [2.24, 2.45) is 0 Å². The molecule has 272 valence electrons. The minimum atomic E-state index is 0.856. The summed E-state index contributed by atoms with van der Waals surface area (Å²) in [4.78, 5) is 2.41. The molecule has 11 aromatic rings. The van der Waals surface area contributed by atoms with Gasteiger partial charge in [0, 0.05) is 33.8 Å². The molecule has 0 spiro atoms. The molecule has 58 heavy (non-hydrogen) atoms.